The van der Waals surface area contributed by atoms with Crippen LogP contribution in [0.5, 0.6) is 0 Å². The molecule has 1 unspecified atom stereocenters. The molecule has 1 fully saturated rings. The third kappa shape index (κ3) is 2.80. The fourth-order valence-corrected chi connectivity index (χ4v) is 4.50. The van der Waals surface area contributed by atoms with Crippen LogP contribution in [-0.4, -0.2) is 12.5 Å². The summed E-state index contributed by atoms with van der Waals surface area (Å²) in [6.07, 6.45) is 8.75. The fourth-order valence-electron chi connectivity index (χ4n) is 4.50. The number of carbonyl (C=O) groups excluding carboxylic acids is 1. The molecule has 0 aromatic heterocycles. The van der Waals surface area contributed by atoms with Gasteiger partial charge in [0.05, 0.1) is 0 Å². The number of fused-ring (bicyclic) bond motifs is 1. The first-order chi connectivity index (χ1) is 10.5. The summed E-state index contributed by atoms with van der Waals surface area (Å²) >= 11 is 0. The summed E-state index contributed by atoms with van der Waals surface area (Å²) in [4.78, 5) is 14.4. The molecule has 3 rings (SSSR count). The lowest BCUT2D eigenvalue weighted by molar-refractivity contribution is -0.118. The molecule has 2 nitrogen and oxygen atoms in total. The fraction of sp³-hybridized carbons (Fsp3) is 0.650. The first-order valence-corrected chi connectivity index (χ1v) is 8.95. The number of hydrogen-bond donors (Lipinski definition) is 0. The van der Waals surface area contributed by atoms with Gasteiger partial charge in [0.25, 0.3) is 0 Å². The molecule has 120 valence electrons. The molecule has 0 N–H and O–H groups in total. The zero-order valence-electron chi connectivity index (χ0n) is 14.3. The highest BCUT2D eigenvalue weighted by Gasteiger charge is 2.42. The van der Waals surface area contributed by atoms with E-state index < -0.39 is 0 Å². The van der Waals surface area contributed by atoms with Crippen molar-refractivity contribution in [1.82, 2.24) is 0 Å². The number of benzene rings is 1. The minimum absolute atomic E-state index is 0.133. The Kier molecular flexibility index (Phi) is 4.29. The van der Waals surface area contributed by atoms with Gasteiger partial charge in [0, 0.05) is 24.1 Å². The van der Waals surface area contributed by atoms with E-state index in [9.17, 15) is 4.79 Å². The van der Waals surface area contributed by atoms with Gasteiger partial charge in [0.2, 0.25) is 5.91 Å². The van der Waals surface area contributed by atoms with Gasteiger partial charge in [-0.25, -0.2) is 0 Å². The standard InChI is InChI=1S/C20H29NO/c1-4-19(22)21-14-20(3,13-16-8-6-5-7-9-16)17-12-15(2)10-11-18(17)21/h10-12,16H,4-9,13-14H2,1-3H3. The molecule has 2 aliphatic rings. The minimum atomic E-state index is 0.133. The van der Waals surface area contributed by atoms with Crippen LogP contribution in [0.4, 0.5) is 5.69 Å². The molecule has 1 saturated carbocycles. The molecule has 1 aliphatic heterocycles. The lowest BCUT2D eigenvalue weighted by atomic mass is 9.72. The zero-order valence-corrected chi connectivity index (χ0v) is 14.3. The van der Waals surface area contributed by atoms with Crippen molar-refractivity contribution >= 4 is 11.6 Å². The van der Waals surface area contributed by atoms with E-state index in [1.165, 1.54) is 49.7 Å². The van der Waals surface area contributed by atoms with Crippen molar-refractivity contribution in [2.24, 2.45) is 5.92 Å². The largest absolute Gasteiger partial charge is 0.311 e. The van der Waals surface area contributed by atoms with E-state index in [2.05, 4.69) is 32.0 Å². The Morgan fingerprint density at radius 3 is 2.68 bits per heavy atom. The number of aryl methyl sites for hydroxylation is 1. The van der Waals surface area contributed by atoms with Gasteiger partial charge < -0.3 is 4.90 Å². The summed E-state index contributed by atoms with van der Waals surface area (Å²) < 4.78 is 0. The van der Waals surface area contributed by atoms with E-state index in [0.29, 0.717) is 6.42 Å². The molecule has 0 saturated heterocycles. The summed E-state index contributed by atoms with van der Waals surface area (Å²) in [7, 11) is 0. The summed E-state index contributed by atoms with van der Waals surface area (Å²) in [6, 6.07) is 6.62. The van der Waals surface area contributed by atoms with Crippen LogP contribution in [0.2, 0.25) is 0 Å². The number of nitrogens with zero attached hydrogens (tertiary/aromatic N) is 1. The summed E-state index contributed by atoms with van der Waals surface area (Å²) in [5.41, 5.74) is 4.00. The molecule has 1 heterocycles. The molecule has 1 aromatic carbocycles. The van der Waals surface area contributed by atoms with Crippen LogP contribution in [-0.2, 0) is 10.2 Å². The number of anilines is 1. The Bertz CT molecular complexity index is 559. The molecular weight excluding hydrogens is 270 g/mol. The van der Waals surface area contributed by atoms with Gasteiger partial charge in [-0.3, -0.25) is 4.79 Å². The normalized spacial score (nSPS) is 25.3. The van der Waals surface area contributed by atoms with Gasteiger partial charge in [0.15, 0.2) is 0 Å². The van der Waals surface area contributed by atoms with Crippen LogP contribution in [0, 0.1) is 12.8 Å². The van der Waals surface area contributed by atoms with Crippen molar-refractivity contribution in [2.75, 3.05) is 11.4 Å². The van der Waals surface area contributed by atoms with E-state index in [-0.39, 0.29) is 11.3 Å². The SMILES string of the molecule is CCC(=O)N1CC(C)(CC2CCCCC2)c2cc(C)ccc21. The molecule has 0 spiro atoms. The first-order valence-electron chi connectivity index (χ1n) is 8.95. The van der Waals surface area contributed by atoms with Gasteiger partial charge in [-0.05, 0) is 30.9 Å². The van der Waals surface area contributed by atoms with E-state index in [1.54, 1.807) is 0 Å². The molecule has 1 aromatic rings. The molecule has 0 bridgehead atoms. The van der Waals surface area contributed by atoms with Gasteiger partial charge in [0.1, 0.15) is 0 Å². The second-order valence-electron chi connectivity index (χ2n) is 7.62. The highest BCUT2D eigenvalue weighted by molar-refractivity contribution is 5.96. The van der Waals surface area contributed by atoms with Crippen molar-refractivity contribution in [3.05, 3.63) is 29.3 Å². The van der Waals surface area contributed by atoms with Crippen LogP contribution in [0.25, 0.3) is 0 Å². The Morgan fingerprint density at radius 1 is 1.27 bits per heavy atom. The number of amides is 1. The number of rotatable bonds is 3. The maximum absolute atomic E-state index is 12.4. The van der Waals surface area contributed by atoms with E-state index in [0.717, 1.165) is 18.2 Å². The summed E-state index contributed by atoms with van der Waals surface area (Å²) in [5.74, 6) is 1.10. The van der Waals surface area contributed by atoms with Crippen molar-refractivity contribution in [3.63, 3.8) is 0 Å². The second-order valence-corrected chi connectivity index (χ2v) is 7.62. The quantitative estimate of drug-likeness (QED) is 0.771. The lowest BCUT2D eigenvalue weighted by Crippen LogP contribution is -2.36. The smallest absolute Gasteiger partial charge is 0.226 e. The van der Waals surface area contributed by atoms with Crippen LogP contribution >= 0.6 is 0 Å². The van der Waals surface area contributed by atoms with Crippen LogP contribution in [0.15, 0.2) is 18.2 Å². The third-order valence-corrected chi connectivity index (χ3v) is 5.67. The molecule has 1 amide bonds. The highest BCUT2D eigenvalue weighted by atomic mass is 16.2. The Morgan fingerprint density at radius 2 is 2.00 bits per heavy atom. The maximum Gasteiger partial charge on any atom is 0.226 e. The third-order valence-electron chi connectivity index (χ3n) is 5.67. The first kappa shape index (κ1) is 15.6. The van der Waals surface area contributed by atoms with Crippen LogP contribution < -0.4 is 4.90 Å². The number of hydrogen-bond acceptors (Lipinski definition) is 1. The van der Waals surface area contributed by atoms with Gasteiger partial charge in [-0.1, -0.05) is 63.6 Å². The molecule has 2 heteroatoms. The molecule has 0 radical (unpaired) electrons. The monoisotopic (exact) mass is 299 g/mol. The average molecular weight is 299 g/mol. The van der Waals surface area contributed by atoms with Gasteiger partial charge >= 0.3 is 0 Å². The average Bonchev–Trinajstić information content (AvgIpc) is 2.80. The predicted molar refractivity (Wildman–Crippen MR) is 92.4 cm³/mol. The maximum atomic E-state index is 12.4. The second kappa shape index (κ2) is 6.06. The molecule has 1 aliphatic carbocycles. The Labute approximate surface area is 134 Å². The van der Waals surface area contributed by atoms with E-state index in [1.807, 2.05) is 11.8 Å². The van der Waals surface area contributed by atoms with Gasteiger partial charge in [-0.15, -0.1) is 0 Å². The topological polar surface area (TPSA) is 20.3 Å². The van der Waals surface area contributed by atoms with E-state index >= 15 is 0 Å². The van der Waals surface area contributed by atoms with Crippen molar-refractivity contribution < 1.29 is 4.79 Å². The lowest BCUT2D eigenvalue weighted by Gasteiger charge is -2.32. The molecular formula is C20H29NO. The van der Waals surface area contributed by atoms with Gasteiger partial charge in [-0.2, -0.15) is 0 Å². The Balaban J connectivity index is 1.91. The predicted octanol–water partition coefficient (Wildman–Crippen LogP) is 4.98. The molecule has 22 heavy (non-hydrogen) atoms. The Hall–Kier alpha value is -1.31. The van der Waals surface area contributed by atoms with Crippen molar-refractivity contribution in [2.45, 2.75) is 71.1 Å². The van der Waals surface area contributed by atoms with Crippen LogP contribution in [0.1, 0.15) is 69.9 Å². The zero-order chi connectivity index (χ0) is 15.7. The van der Waals surface area contributed by atoms with Crippen molar-refractivity contribution in [3.8, 4) is 0 Å². The van der Waals surface area contributed by atoms with Crippen molar-refractivity contribution in [1.29, 1.82) is 0 Å². The van der Waals surface area contributed by atoms with E-state index in [4.69, 9.17) is 0 Å². The molecule has 1 atom stereocenters. The highest BCUT2D eigenvalue weighted by Crippen LogP contribution is 2.46. The number of carbonyl (C=O) groups is 1. The summed E-state index contributed by atoms with van der Waals surface area (Å²) in [5, 5.41) is 0. The minimum Gasteiger partial charge on any atom is -0.311 e. The van der Waals surface area contributed by atoms with Crippen LogP contribution in [0.3, 0.4) is 0 Å². The summed E-state index contributed by atoms with van der Waals surface area (Å²) in [6.45, 7) is 7.37.